The number of methoxy groups -OCH3 is 1. The quantitative estimate of drug-likeness (QED) is 0.492. The second kappa shape index (κ2) is 8.01. The number of phenols is 1. The third-order valence-electron chi connectivity index (χ3n) is 3.68. The lowest BCUT2D eigenvalue weighted by Gasteiger charge is -2.08. The molecule has 0 aliphatic heterocycles. The molecular weight excluding hydrogens is 372 g/mol. The molecule has 0 spiro atoms. The summed E-state index contributed by atoms with van der Waals surface area (Å²) < 4.78 is 16.1. The summed E-state index contributed by atoms with van der Waals surface area (Å²) in [6.45, 7) is 2.16. The maximum Gasteiger partial charge on any atom is 0.307 e. The first-order chi connectivity index (χ1) is 13.0. The third kappa shape index (κ3) is 3.98. The Hall–Kier alpha value is -3.19. The highest BCUT2D eigenvalue weighted by Gasteiger charge is 2.14. The average Bonchev–Trinajstić information content (AvgIpc) is 3.10. The maximum atomic E-state index is 12.2. The van der Waals surface area contributed by atoms with E-state index < -0.39 is 5.91 Å². The predicted octanol–water partition coefficient (Wildman–Crippen LogP) is 3.96. The van der Waals surface area contributed by atoms with Gasteiger partial charge in [-0.3, -0.25) is 4.79 Å². The van der Waals surface area contributed by atoms with Crippen LogP contribution >= 0.6 is 11.6 Å². The monoisotopic (exact) mass is 388 g/mol. The molecule has 0 radical (unpaired) electrons. The van der Waals surface area contributed by atoms with Crippen LogP contribution in [0.4, 0.5) is 0 Å². The number of fused-ring (bicyclic) bond motifs is 1. The lowest BCUT2D eigenvalue weighted by molar-refractivity contribution is 0.0929. The number of carbonyl (C=O) groups is 1. The molecule has 0 bridgehead atoms. The van der Waals surface area contributed by atoms with Gasteiger partial charge in [0.1, 0.15) is 0 Å². The molecule has 7 nitrogen and oxygen atoms in total. The number of nitrogens with one attached hydrogen (secondary N) is 1. The lowest BCUT2D eigenvalue weighted by atomic mass is 10.2. The number of aromatic hydroxyl groups is 1. The van der Waals surface area contributed by atoms with Gasteiger partial charge in [-0.05, 0) is 36.8 Å². The van der Waals surface area contributed by atoms with Crippen molar-refractivity contribution >= 4 is 34.7 Å². The lowest BCUT2D eigenvalue weighted by Crippen LogP contribution is -2.16. The first-order valence-electron chi connectivity index (χ1n) is 8.08. The van der Waals surface area contributed by atoms with Crippen LogP contribution in [0.5, 0.6) is 17.2 Å². The van der Waals surface area contributed by atoms with Gasteiger partial charge >= 0.3 is 5.91 Å². The fraction of sp³-hybridized carbons (Fsp3) is 0.158. The highest BCUT2D eigenvalue weighted by Crippen LogP contribution is 2.34. The molecule has 0 saturated heterocycles. The van der Waals surface area contributed by atoms with Crippen molar-refractivity contribution < 1.29 is 23.8 Å². The Morgan fingerprint density at radius 2 is 2.15 bits per heavy atom. The zero-order valence-electron chi connectivity index (χ0n) is 14.7. The molecule has 1 amide bonds. The van der Waals surface area contributed by atoms with Crippen LogP contribution in [0.2, 0.25) is 5.02 Å². The number of furan rings is 1. The van der Waals surface area contributed by atoms with Crippen molar-refractivity contribution in [3.63, 3.8) is 0 Å². The van der Waals surface area contributed by atoms with Crippen molar-refractivity contribution in [3.8, 4) is 17.2 Å². The molecule has 2 N–H and O–H groups in total. The summed E-state index contributed by atoms with van der Waals surface area (Å²) in [5.74, 6) is 0.222. The van der Waals surface area contributed by atoms with E-state index in [-0.39, 0.29) is 22.3 Å². The number of amides is 1. The van der Waals surface area contributed by atoms with Crippen molar-refractivity contribution in [2.24, 2.45) is 5.10 Å². The van der Waals surface area contributed by atoms with Crippen LogP contribution in [0.1, 0.15) is 23.0 Å². The number of phenolic OH excluding ortho intramolecular Hbond substituents is 1. The zero-order valence-corrected chi connectivity index (χ0v) is 15.4. The van der Waals surface area contributed by atoms with Crippen LogP contribution < -0.4 is 14.9 Å². The first kappa shape index (κ1) is 18.6. The largest absolute Gasteiger partial charge is 0.503 e. The highest BCUT2D eigenvalue weighted by molar-refractivity contribution is 6.32. The highest BCUT2D eigenvalue weighted by atomic mass is 35.5. The minimum Gasteiger partial charge on any atom is -0.503 e. The Morgan fingerprint density at radius 3 is 2.89 bits per heavy atom. The standard InChI is InChI=1S/C19H17ClN2O5/c1-3-26-15-8-11(7-13(20)17(15)23)10-21-22-19(24)16-9-12-5-4-6-14(25-2)18(12)27-16/h4-10,23H,3H2,1-2H3,(H,22,24)/b21-10-. The first-order valence-corrected chi connectivity index (χ1v) is 8.46. The van der Waals surface area contributed by atoms with Crippen LogP contribution in [-0.4, -0.2) is 30.9 Å². The van der Waals surface area contributed by atoms with Gasteiger partial charge in [0.05, 0.1) is 25.0 Å². The second-order valence-corrected chi connectivity index (χ2v) is 5.88. The van der Waals surface area contributed by atoms with E-state index in [9.17, 15) is 9.90 Å². The number of benzene rings is 2. The molecule has 3 rings (SSSR count). The van der Waals surface area contributed by atoms with E-state index in [4.69, 9.17) is 25.5 Å². The molecule has 1 heterocycles. The summed E-state index contributed by atoms with van der Waals surface area (Å²) in [7, 11) is 1.53. The summed E-state index contributed by atoms with van der Waals surface area (Å²) in [5, 5.41) is 14.6. The Balaban J connectivity index is 1.76. The second-order valence-electron chi connectivity index (χ2n) is 5.47. The Morgan fingerprint density at radius 1 is 1.33 bits per heavy atom. The van der Waals surface area contributed by atoms with Crippen LogP contribution in [0.25, 0.3) is 11.0 Å². The number of nitrogens with zero attached hydrogens (tertiary/aromatic N) is 1. The van der Waals surface area contributed by atoms with Crippen LogP contribution in [0.15, 0.2) is 45.9 Å². The van der Waals surface area contributed by atoms with Gasteiger partial charge < -0.3 is 19.0 Å². The van der Waals surface area contributed by atoms with Gasteiger partial charge in [-0.1, -0.05) is 23.7 Å². The number of ether oxygens (including phenoxy) is 2. The Bertz CT molecular complexity index is 1010. The van der Waals surface area contributed by atoms with Crippen LogP contribution in [0, 0.1) is 0 Å². The molecule has 140 valence electrons. The fourth-order valence-corrected chi connectivity index (χ4v) is 2.68. The summed E-state index contributed by atoms with van der Waals surface area (Å²) in [6, 6.07) is 10.0. The van der Waals surface area contributed by atoms with Gasteiger partial charge in [-0.2, -0.15) is 5.10 Å². The van der Waals surface area contributed by atoms with Crippen LogP contribution in [-0.2, 0) is 0 Å². The molecule has 0 aliphatic carbocycles. The minimum atomic E-state index is -0.514. The third-order valence-corrected chi connectivity index (χ3v) is 3.97. The SMILES string of the molecule is CCOc1cc(/C=N\NC(=O)c2cc3cccc(OC)c3o2)cc(Cl)c1O. The van der Waals surface area contributed by atoms with Crippen LogP contribution in [0.3, 0.4) is 0 Å². The number of carbonyl (C=O) groups excluding carboxylic acids is 1. The molecule has 27 heavy (non-hydrogen) atoms. The van der Waals surface area contributed by atoms with E-state index in [0.29, 0.717) is 23.5 Å². The molecule has 2 aromatic carbocycles. The maximum absolute atomic E-state index is 12.2. The molecule has 0 unspecified atom stereocenters. The number of hydrogen-bond acceptors (Lipinski definition) is 6. The molecule has 0 saturated carbocycles. The summed E-state index contributed by atoms with van der Waals surface area (Å²) >= 11 is 5.96. The fourth-order valence-electron chi connectivity index (χ4n) is 2.46. The van der Waals surface area contributed by atoms with Gasteiger partial charge in [-0.15, -0.1) is 0 Å². The van der Waals surface area contributed by atoms with Crippen molar-refractivity contribution in [3.05, 3.63) is 52.7 Å². The van der Waals surface area contributed by atoms with E-state index in [1.54, 1.807) is 31.2 Å². The number of rotatable bonds is 6. The molecule has 8 heteroatoms. The Labute approximate surface area is 160 Å². The summed E-state index contributed by atoms with van der Waals surface area (Å²) in [4.78, 5) is 12.2. The van der Waals surface area contributed by atoms with Gasteiger partial charge in [0.25, 0.3) is 0 Å². The Kier molecular flexibility index (Phi) is 5.52. The molecule has 0 atom stereocenters. The molecule has 1 aromatic heterocycles. The smallest absolute Gasteiger partial charge is 0.307 e. The number of para-hydroxylation sites is 1. The van der Waals surface area contributed by atoms with Gasteiger partial charge in [0.15, 0.2) is 28.6 Å². The number of hydrogen-bond donors (Lipinski definition) is 2. The van der Waals surface area contributed by atoms with Crippen molar-refractivity contribution in [1.82, 2.24) is 5.43 Å². The van der Waals surface area contributed by atoms with E-state index in [0.717, 1.165) is 5.39 Å². The summed E-state index contributed by atoms with van der Waals surface area (Å²) in [5.41, 5.74) is 3.42. The number of halogens is 1. The van der Waals surface area contributed by atoms with Gasteiger partial charge in [0.2, 0.25) is 0 Å². The van der Waals surface area contributed by atoms with Crippen molar-refractivity contribution in [2.75, 3.05) is 13.7 Å². The van der Waals surface area contributed by atoms with Gasteiger partial charge in [-0.25, -0.2) is 5.43 Å². The summed E-state index contributed by atoms with van der Waals surface area (Å²) in [6.07, 6.45) is 1.38. The van der Waals surface area contributed by atoms with E-state index in [1.807, 2.05) is 6.07 Å². The van der Waals surface area contributed by atoms with E-state index >= 15 is 0 Å². The predicted molar refractivity (Wildman–Crippen MR) is 102 cm³/mol. The number of hydrazone groups is 1. The minimum absolute atomic E-state index is 0.102. The van der Waals surface area contributed by atoms with E-state index in [1.165, 1.54) is 19.4 Å². The van der Waals surface area contributed by atoms with Crippen molar-refractivity contribution in [1.29, 1.82) is 0 Å². The normalized spacial score (nSPS) is 11.1. The molecular formula is C19H17ClN2O5. The topological polar surface area (TPSA) is 93.3 Å². The molecule has 0 aliphatic rings. The van der Waals surface area contributed by atoms with E-state index in [2.05, 4.69) is 10.5 Å². The zero-order chi connectivity index (χ0) is 19.4. The molecule has 0 fully saturated rings. The average molecular weight is 389 g/mol. The molecule has 3 aromatic rings. The van der Waals surface area contributed by atoms with Crippen molar-refractivity contribution in [2.45, 2.75) is 6.92 Å². The van der Waals surface area contributed by atoms with Gasteiger partial charge in [0, 0.05) is 5.39 Å².